The van der Waals surface area contributed by atoms with Gasteiger partial charge in [0.2, 0.25) is 5.91 Å². The molecular formula is C20H21N5O2. The second kappa shape index (κ2) is 9.28. The molecule has 0 bridgehead atoms. The van der Waals surface area contributed by atoms with Crippen LogP contribution in [0, 0.1) is 0 Å². The quantitative estimate of drug-likeness (QED) is 0.602. The summed E-state index contributed by atoms with van der Waals surface area (Å²) in [6.45, 7) is 1.09. The molecule has 7 heteroatoms. The maximum Gasteiger partial charge on any atom is 0.251 e. The topological polar surface area (TPSA) is 88.9 Å². The van der Waals surface area contributed by atoms with Crippen molar-refractivity contribution in [1.82, 2.24) is 20.1 Å². The van der Waals surface area contributed by atoms with Crippen LogP contribution in [0.1, 0.15) is 28.8 Å². The number of amides is 2. The molecule has 3 rings (SSSR count). The molecule has 0 saturated carbocycles. The van der Waals surface area contributed by atoms with Gasteiger partial charge in [0.05, 0.1) is 6.54 Å². The van der Waals surface area contributed by atoms with Crippen LogP contribution in [-0.4, -0.2) is 33.1 Å². The van der Waals surface area contributed by atoms with Crippen molar-refractivity contribution in [3.8, 4) is 0 Å². The summed E-state index contributed by atoms with van der Waals surface area (Å²) in [5.41, 5.74) is 2.44. The number of nitrogens with one attached hydrogen (secondary N) is 2. The van der Waals surface area contributed by atoms with E-state index in [0.29, 0.717) is 31.5 Å². The average molecular weight is 363 g/mol. The third-order valence-corrected chi connectivity index (χ3v) is 3.95. The van der Waals surface area contributed by atoms with E-state index in [1.807, 2.05) is 42.5 Å². The molecule has 0 saturated heterocycles. The Balaban J connectivity index is 1.37. The van der Waals surface area contributed by atoms with Crippen LogP contribution in [0.4, 0.5) is 5.69 Å². The van der Waals surface area contributed by atoms with Crippen molar-refractivity contribution in [2.24, 2.45) is 0 Å². The van der Waals surface area contributed by atoms with E-state index in [-0.39, 0.29) is 11.8 Å². The second-order valence-electron chi connectivity index (χ2n) is 6.06. The largest absolute Gasteiger partial charge is 0.352 e. The van der Waals surface area contributed by atoms with Gasteiger partial charge in [0, 0.05) is 24.2 Å². The van der Waals surface area contributed by atoms with E-state index < -0.39 is 0 Å². The van der Waals surface area contributed by atoms with Crippen molar-refractivity contribution < 1.29 is 9.59 Å². The van der Waals surface area contributed by atoms with E-state index in [0.717, 1.165) is 11.3 Å². The van der Waals surface area contributed by atoms with E-state index in [2.05, 4.69) is 20.7 Å². The summed E-state index contributed by atoms with van der Waals surface area (Å²) >= 11 is 0. The Morgan fingerprint density at radius 1 is 1.00 bits per heavy atom. The third kappa shape index (κ3) is 5.78. The van der Waals surface area contributed by atoms with Crippen molar-refractivity contribution in [1.29, 1.82) is 0 Å². The molecule has 0 atom stereocenters. The minimum atomic E-state index is -0.126. The molecule has 0 aliphatic carbocycles. The zero-order valence-electron chi connectivity index (χ0n) is 14.8. The van der Waals surface area contributed by atoms with Crippen molar-refractivity contribution in [2.45, 2.75) is 19.4 Å². The van der Waals surface area contributed by atoms with E-state index in [4.69, 9.17) is 0 Å². The predicted molar refractivity (Wildman–Crippen MR) is 102 cm³/mol. The van der Waals surface area contributed by atoms with Crippen molar-refractivity contribution >= 4 is 17.5 Å². The molecule has 2 amide bonds. The monoisotopic (exact) mass is 363 g/mol. The molecule has 0 unspecified atom stereocenters. The lowest BCUT2D eigenvalue weighted by Crippen LogP contribution is -2.25. The number of hydrogen-bond donors (Lipinski definition) is 2. The summed E-state index contributed by atoms with van der Waals surface area (Å²) in [5, 5.41) is 9.74. The summed E-state index contributed by atoms with van der Waals surface area (Å²) < 4.78 is 1.73. The summed E-state index contributed by atoms with van der Waals surface area (Å²) in [6.07, 6.45) is 4.08. The van der Waals surface area contributed by atoms with Gasteiger partial charge in [0.25, 0.3) is 5.91 Å². The van der Waals surface area contributed by atoms with Crippen LogP contribution in [0.15, 0.2) is 67.3 Å². The molecule has 1 aromatic heterocycles. The normalized spacial score (nSPS) is 10.4. The van der Waals surface area contributed by atoms with Crippen LogP contribution in [0.3, 0.4) is 0 Å². The highest BCUT2D eigenvalue weighted by Gasteiger charge is 2.06. The number of carbonyl (C=O) groups excluding carboxylic acids is 2. The molecule has 138 valence electrons. The number of nitrogens with zero attached hydrogens (tertiary/aromatic N) is 3. The molecule has 0 aliphatic heterocycles. The Morgan fingerprint density at radius 3 is 2.48 bits per heavy atom. The fourth-order valence-electron chi connectivity index (χ4n) is 2.56. The maximum atomic E-state index is 12.0. The van der Waals surface area contributed by atoms with Crippen LogP contribution >= 0.6 is 0 Å². The summed E-state index contributed by atoms with van der Waals surface area (Å²) in [5.74, 6) is -0.202. The standard InChI is InChI=1S/C20H21N5O2/c26-19(7-4-12-22-20(27)17-5-2-1-3-6-17)24-18-10-8-16(9-11-18)13-25-15-21-14-23-25/h1-3,5-6,8-11,14-15H,4,7,12-13H2,(H,22,27)(H,24,26). The van der Waals surface area contributed by atoms with Crippen LogP contribution in [0.5, 0.6) is 0 Å². The molecule has 0 aliphatic rings. The Hall–Kier alpha value is -3.48. The van der Waals surface area contributed by atoms with Gasteiger partial charge in [0.15, 0.2) is 0 Å². The van der Waals surface area contributed by atoms with E-state index in [1.165, 1.54) is 6.33 Å². The van der Waals surface area contributed by atoms with Gasteiger partial charge in [-0.05, 0) is 36.2 Å². The molecular weight excluding hydrogens is 342 g/mol. The van der Waals surface area contributed by atoms with Crippen LogP contribution < -0.4 is 10.6 Å². The van der Waals surface area contributed by atoms with E-state index >= 15 is 0 Å². The van der Waals surface area contributed by atoms with Crippen molar-refractivity contribution in [3.63, 3.8) is 0 Å². The van der Waals surface area contributed by atoms with E-state index in [1.54, 1.807) is 23.1 Å². The zero-order chi connectivity index (χ0) is 18.9. The number of aromatic nitrogens is 3. The van der Waals surface area contributed by atoms with Gasteiger partial charge in [-0.1, -0.05) is 30.3 Å². The minimum Gasteiger partial charge on any atom is -0.352 e. The van der Waals surface area contributed by atoms with Crippen LogP contribution in [0.2, 0.25) is 0 Å². The zero-order valence-corrected chi connectivity index (χ0v) is 14.8. The highest BCUT2D eigenvalue weighted by molar-refractivity contribution is 5.94. The predicted octanol–water partition coefficient (Wildman–Crippen LogP) is 2.48. The van der Waals surface area contributed by atoms with Gasteiger partial charge in [-0.15, -0.1) is 0 Å². The molecule has 2 N–H and O–H groups in total. The highest BCUT2D eigenvalue weighted by atomic mass is 16.2. The number of benzene rings is 2. The van der Waals surface area contributed by atoms with Gasteiger partial charge in [0.1, 0.15) is 12.7 Å². The van der Waals surface area contributed by atoms with Gasteiger partial charge in [-0.2, -0.15) is 5.10 Å². The minimum absolute atomic E-state index is 0.0759. The molecule has 27 heavy (non-hydrogen) atoms. The fraction of sp³-hybridized carbons (Fsp3) is 0.200. The van der Waals surface area contributed by atoms with Gasteiger partial charge in [-0.25, -0.2) is 9.67 Å². The molecule has 7 nitrogen and oxygen atoms in total. The highest BCUT2D eigenvalue weighted by Crippen LogP contribution is 2.11. The molecule has 0 radical (unpaired) electrons. The second-order valence-corrected chi connectivity index (χ2v) is 6.06. The molecule has 0 spiro atoms. The number of carbonyl (C=O) groups is 2. The molecule has 0 fully saturated rings. The first-order valence-corrected chi connectivity index (χ1v) is 8.75. The van der Waals surface area contributed by atoms with Crippen LogP contribution in [0.25, 0.3) is 0 Å². The summed E-state index contributed by atoms with van der Waals surface area (Å²) in [6, 6.07) is 16.6. The Morgan fingerprint density at radius 2 is 1.78 bits per heavy atom. The smallest absolute Gasteiger partial charge is 0.251 e. The Labute approximate surface area is 157 Å². The first-order valence-electron chi connectivity index (χ1n) is 8.75. The Kier molecular flexibility index (Phi) is 6.30. The van der Waals surface area contributed by atoms with Gasteiger partial charge in [-0.3, -0.25) is 9.59 Å². The average Bonchev–Trinajstić information content (AvgIpc) is 3.20. The lowest BCUT2D eigenvalue weighted by molar-refractivity contribution is -0.116. The summed E-state index contributed by atoms with van der Waals surface area (Å²) in [7, 11) is 0. The molecule has 2 aromatic carbocycles. The van der Waals surface area contributed by atoms with E-state index in [9.17, 15) is 9.59 Å². The van der Waals surface area contributed by atoms with Crippen molar-refractivity contribution in [2.75, 3.05) is 11.9 Å². The molecule has 1 heterocycles. The lowest BCUT2D eigenvalue weighted by atomic mass is 10.2. The molecule has 3 aromatic rings. The number of rotatable bonds is 8. The number of anilines is 1. The maximum absolute atomic E-state index is 12.0. The third-order valence-electron chi connectivity index (χ3n) is 3.95. The Bertz CT molecular complexity index is 861. The number of hydrogen-bond acceptors (Lipinski definition) is 4. The van der Waals surface area contributed by atoms with Crippen molar-refractivity contribution in [3.05, 3.63) is 78.4 Å². The lowest BCUT2D eigenvalue weighted by Gasteiger charge is -2.08. The first kappa shape index (κ1) is 18.3. The van der Waals surface area contributed by atoms with Gasteiger partial charge < -0.3 is 10.6 Å². The van der Waals surface area contributed by atoms with Gasteiger partial charge >= 0.3 is 0 Å². The fourth-order valence-corrected chi connectivity index (χ4v) is 2.56. The first-order chi connectivity index (χ1) is 13.2. The summed E-state index contributed by atoms with van der Waals surface area (Å²) in [4.78, 5) is 27.8. The van der Waals surface area contributed by atoms with Crippen LogP contribution in [-0.2, 0) is 11.3 Å². The SMILES string of the molecule is O=C(CCCNC(=O)c1ccccc1)Nc1ccc(Cn2cncn2)cc1.